The third-order valence-electron chi connectivity index (χ3n) is 6.21. The maximum Gasteiger partial charge on any atom is 0.432 e. The van der Waals surface area contributed by atoms with Gasteiger partial charge in [0.2, 0.25) is 0 Å². The minimum absolute atomic E-state index is 0.0480. The van der Waals surface area contributed by atoms with Gasteiger partial charge in [0.1, 0.15) is 29.7 Å². The summed E-state index contributed by atoms with van der Waals surface area (Å²) in [7, 11) is 1.07. The first-order chi connectivity index (χ1) is 18.7. The highest BCUT2D eigenvalue weighted by atomic mass is 19.4. The molecule has 198 valence electrons. The molecule has 0 bridgehead atoms. The van der Waals surface area contributed by atoms with Crippen LogP contribution in [0.1, 0.15) is 21.6 Å². The number of halogens is 5. The first kappa shape index (κ1) is 26.0. The zero-order valence-corrected chi connectivity index (χ0v) is 20.4. The van der Waals surface area contributed by atoms with Crippen molar-refractivity contribution in [3.63, 3.8) is 0 Å². The Hall–Kier alpha value is -4.66. The highest BCUT2D eigenvalue weighted by molar-refractivity contribution is 6.04. The number of alkyl halides is 3. The van der Waals surface area contributed by atoms with Crippen molar-refractivity contribution in [1.29, 1.82) is 0 Å². The lowest BCUT2D eigenvalue weighted by Gasteiger charge is -2.15. The van der Waals surface area contributed by atoms with E-state index in [0.717, 1.165) is 41.5 Å². The number of nitrogens with zero attached hydrogens (tertiary/aromatic N) is 1. The molecule has 5 aromatic rings. The van der Waals surface area contributed by atoms with Gasteiger partial charge in [-0.3, -0.25) is 0 Å². The Bertz CT molecular complexity index is 1660. The molecule has 0 amide bonds. The molecule has 0 aliphatic carbocycles. The standard InChI is InChI=1S/C30H20F5NO3/c1-38-29(37)22-15-10-19(16-23(22)32)26-27-24(8-5-9-25(27)39-17-18-6-3-2-4-7-18)36(28(26)30(33,34)35)21-13-11-20(31)12-14-21/h2-16H,17H2,1H3. The molecule has 0 saturated heterocycles. The Morgan fingerprint density at radius 2 is 1.59 bits per heavy atom. The third kappa shape index (κ3) is 4.95. The highest BCUT2D eigenvalue weighted by Gasteiger charge is 2.41. The number of hydrogen-bond donors (Lipinski definition) is 0. The number of rotatable bonds is 6. The van der Waals surface area contributed by atoms with Crippen LogP contribution >= 0.6 is 0 Å². The Labute approximate surface area is 219 Å². The first-order valence-corrected chi connectivity index (χ1v) is 11.7. The number of carbonyl (C=O) groups is 1. The van der Waals surface area contributed by atoms with Gasteiger partial charge in [0, 0.05) is 11.3 Å². The van der Waals surface area contributed by atoms with Crippen molar-refractivity contribution >= 4 is 16.9 Å². The fourth-order valence-electron chi connectivity index (χ4n) is 4.52. The molecule has 0 aliphatic heterocycles. The van der Waals surface area contributed by atoms with Crippen LogP contribution in [0.25, 0.3) is 27.7 Å². The fourth-order valence-corrected chi connectivity index (χ4v) is 4.52. The summed E-state index contributed by atoms with van der Waals surface area (Å²) in [6.07, 6.45) is -4.92. The fraction of sp³-hybridized carbons (Fsp3) is 0.100. The van der Waals surface area contributed by atoms with Gasteiger partial charge in [-0.05, 0) is 59.7 Å². The number of hydrogen-bond acceptors (Lipinski definition) is 3. The van der Waals surface area contributed by atoms with E-state index >= 15 is 0 Å². The molecule has 1 heterocycles. The van der Waals surface area contributed by atoms with E-state index in [1.54, 1.807) is 6.07 Å². The number of methoxy groups -OCH3 is 1. The van der Waals surface area contributed by atoms with Crippen LogP contribution in [0.3, 0.4) is 0 Å². The van der Waals surface area contributed by atoms with Crippen LogP contribution in [0.2, 0.25) is 0 Å². The summed E-state index contributed by atoms with van der Waals surface area (Å²) < 4.78 is 84.7. The van der Waals surface area contributed by atoms with E-state index in [1.165, 1.54) is 30.3 Å². The van der Waals surface area contributed by atoms with E-state index in [9.17, 15) is 26.7 Å². The SMILES string of the molecule is COC(=O)c1ccc(-c2c(C(F)(F)F)n(-c3ccc(F)cc3)c3cccc(OCc4ccccc4)c23)cc1F. The van der Waals surface area contributed by atoms with Crippen molar-refractivity contribution in [3.05, 3.63) is 119 Å². The molecule has 9 heteroatoms. The number of esters is 1. The average Bonchev–Trinajstić information content (AvgIpc) is 3.29. The normalized spacial score (nSPS) is 11.5. The molecule has 0 saturated carbocycles. The quantitative estimate of drug-likeness (QED) is 0.163. The number of benzene rings is 4. The summed E-state index contributed by atoms with van der Waals surface area (Å²) in [6, 6.07) is 21.4. The Balaban J connectivity index is 1.82. The zero-order chi connectivity index (χ0) is 27.7. The highest BCUT2D eigenvalue weighted by Crippen LogP contribution is 2.48. The predicted molar refractivity (Wildman–Crippen MR) is 136 cm³/mol. The lowest BCUT2D eigenvalue weighted by molar-refractivity contribution is -0.141. The van der Waals surface area contributed by atoms with E-state index in [-0.39, 0.29) is 40.1 Å². The maximum atomic E-state index is 15.0. The third-order valence-corrected chi connectivity index (χ3v) is 6.21. The first-order valence-electron chi connectivity index (χ1n) is 11.7. The second-order valence-corrected chi connectivity index (χ2v) is 8.64. The van der Waals surface area contributed by atoms with Gasteiger partial charge in [0.15, 0.2) is 0 Å². The molecule has 0 N–H and O–H groups in total. The topological polar surface area (TPSA) is 40.5 Å². The van der Waals surface area contributed by atoms with Crippen molar-refractivity contribution in [1.82, 2.24) is 4.57 Å². The molecule has 5 rings (SSSR count). The van der Waals surface area contributed by atoms with E-state index in [4.69, 9.17) is 4.74 Å². The molecule has 1 aromatic heterocycles. The van der Waals surface area contributed by atoms with Gasteiger partial charge in [-0.15, -0.1) is 0 Å². The zero-order valence-electron chi connectivity index (χ0n) is 20.4. The minimum Gasteiger partial charge on any atom is -0.488 e. The van der Waals surface area contributed by atoms with Crippen molar-refractivity contribution in [3.8, 4) is 22.6 Å². The number of carbonyl (C=O) groups excluding carboxylic acids is 1. The molecule has 4 aromatic carbocycles. The van der Waals surface area contributed by atoms with Gasteiger partial charge < -0.3 is 14.0 Å². The molecule has 0 radical (unpaired) electrons. The second-order valence-electron chi connectivity index (χ2n) is 8.64. The molecule has 39 heavy (non-hydrogen) atoms. The Morgan fingerprint density at radius 1 is 0.872 bits per heavy atom. The Kier molecular flexibility index (Phi) is 6.82. The molecule has 0 atom stereocenters. The van der Waals surface area contributed by atoms with Crippen molar-refractivity contribution in [2.75, 3.05) is 7.11 Å². The van der Waals surface area contributed by atoms with Crippen molar-refractivity contribution in [2.24, 2.45) is 0 Å². The molecule has 0 spiro atoms. The van der Waals surface area contributed by atoms with Crippen molar-refractivity contribution < 1.29 is 36.2 Å². The van der Waals surface area contributed by atoms with Crippen LogP contribution in [0.15, 0.2) is 91.0 Å². The Morgan fingerprint density at radius 3 is 2.23 bits per heavy atom. The summed E-state index contributed by atoms with van der Waals surface area (Å²) in [4.78, 5) is 11.9. The summed E-state index contributed by atoms with van der Waals surface area (Å²) in [5.74, 6) is -2.49. The van der Waals surface area contributed by atoms with Crippen LogP contribution in [0.5, 0.6) is 5.75 Å². The van der Waals surface area contributed by atoms with E-state index in [1.807, 2.05) is 30.3 Å². The monoisotopic (exact) mass is 537 g/mol. The van der Waals surface area contributed by atoms with Crippen LogP contribution < -0.4 is 4.74 Å². The molecule has 0 aliphatic rings. The minimum atomic E-state index is -4.92. The summed E-state index contributed by atoms with van der Waals surface area (Å²) in [6.45, 7) is 0.0676. The van der Waals surface area contributed by atoms with Crippen LogP contribution in [-0.2, 0) is 17.5 Å². The van der Waals surface area contributed by atoms with E-state index in [0.29, 0.717) is 0 Å². The molecule has 0 unspecified atom stereocenters. The summed E-state index contributed by atoms with van der Waals surface area (Å²) in [5.41, 5.74) is -1.05. The largest absolute Gasteiger partial charge is 0.488 e. The number of ether oxygens (including phenoxy) is 2. The van der Waals surface area contributed by atoms with Crippen LogP contribution in [-0.4, -0.2) is 17.6 Å². The lowest BCUT2D eigenvalue weighted by Crippen LogP contribution is -2.14. The van der Waals surface area contributed by atoms with Crippen molar-refractivity contribution in [2.45, 2.75) is 12.8 Å². The smallest absolute Gasteiger partial charge is 0.432 e. The molecular formula is C30H20F5NO3. The van der Waals surface area contributed by atoms with Crippen LogP contribution in [0, 0.1) is 11.6 Å². The number of fused-ring (bicyclic) bond motifs is 1. The maximum absolute atomic E-state index is 15.0. The average molecular weight is 537 g/mol. The lowest BCUT2D eigenvalue weighted by atomic mass is 9.99. The van der Waals surface area contributed by atoms with Crippen LogP contribution in [0.4, 0.5) is 22.0 Å². The summed E-state index contributed by atoms with van der Waals surface area (Å²) >= 11 is 0. The molecular weight excluding hydrogens is 517 g/mol. The second kappa shape index (κ2) is 10.2. The predicted octanol–water partition coefficient (Wildman–Crippen LogP) is 7.96. The van der Waals surface area contributed by atoms with Gasteiger partial charge >= 0.3 is 12.1 Å². The van der Waals surface area contributed by atoms with Gasteiger partial charge in [0.25, 0.3) is 0 Å². The molecule has 4 nitrogen and oxygen atoms in total. The van der Waals surface area contributed by atoms with Gasteiger partial charge in [-0.1, -0.05) is 42.5 Å². The summed E-state index contributed by atoms with van der Waals surface area (Å²) in [5, 5.41) is 0.0790. The molecule has 0 fully saturated rings. The van der Waals surface area contributed by atoms with Gasteiger partial charge in [-0.25, -0.2) is 13.6 Å². The van der Waals surface area contributed by atoms with Gasteiger partial charge in [-0.2, -0.15) is 13.2 Å². The van der Waals surface area contributed by atoms with E-state index in [2.05, 4.69) is 4.74 Å². The van der Waals surface area contributed by atoms with Gasteiger partial charge in [0.05, 0.1) is 23.6 Å². The number of aromatic nitrogens is 1. The van der Waals surface area contributed by atoms with E-state index < -0.39 is 35.0 Å².